The van der Waals surface area contributed by atoms with Crippen molar-refractivity contribution in [3.63, 3.8) is 0 Å². The highest BCUT2D eigenvalue weighted by molar-refractivity contribution is 5.79. The zero-order valence-electron chi connectivity index (χ0n) is 23.7. The predicted molar refractivity (Wildman–Crippen MR) is 146 cm³/mol. The summed E-state index contributed by atoms with van der Waals surface area (Å²) in [6.45, 7) is 1.78. The number of carboxylic acid groups (broad SMARTS) is 1. The van der Waals surface area contributed by atoms with Crippen LogP contribution in [-0.2, 0) is 14.3 Å². The molecule has 2 aliphatic carbocycles. The van der Waals surface area contributed by atoms with E-state index in [9.17, 15) is 32.3 Å². The Bertz CT molecular complexity index is 1520. The molecular formula is C32H28F4N4O4. The monoisotopic (exact) mass is 608 g/mol. The van der Waals surface area contributed by atoms with Crippen LogP contribution in [-0.4, -0.2) is 35.5 Å². The highest BCUT2D eigenvalue weighted by Gasteiger charge is 2.46. The molecule has 2 saturated carbocycles. The number of carbonyl (C=O) groups is 2. The Balaban J connectivity index is 0.000000241. The number of carboxylic acids is 1. The number of ether oxygens (including phenoxy) is 1. The van der Waals surface area contributed by atoms with Crippen molar-refractivity contribution in [2.75, 3.05) is 6.61 Å². The molecule has 2 aliphatic rings. The van der Waals surface area contributed by atoms with E-state index < -0.39 is 60.3 Å². The third-order valence-corrected chi connectivity index (χ3v) is 7.78. The number of hydrogen-bond acceptors (Lipinski definition) is 7. The van der Waals surface area contributed by atoms with Gasteiger partial charge in [0, 0.05) is 25.7 Å². The average Bonchev–Trinajstić information content (AvgIpc) is 3.52. The first-order valence-corrected chi connectivity index (χ1v) is 13.8. The molecule has 0 spiro atoms. The van der Waals surface area contributed by atoms with Crippen molar-refractivity contribution < 1.29 is 37.0 Å². The number of halogens is 4. The second kappa shape index (κ2) is 14.0. The fourth-order valence-electron chi connectivity index (χ4n) is 5.91. The average molecular weight is 609 g/mol. The first kappa shape index (κ1) is 33.6. The summed E-state index contributed by atoms with van der Waals surface area (Å²) in [6.07, 6.45) is -1.16. The minimum absolute atomic E-state index is 0.114. The lowest BCUT2D eigenvalue weighted by molar-refractivity contribution is -0.146. The smallest absolute Gasteiger partial charge is 0.313 e. The largest absolute Gasteiger partial charge is 0.481 e. The van der Waals surface area contributed by atoms with E-state index in [1.54, 1.807) is 6.92 Å². The van der Waals surface area contributed by atoms with Crippen molar-refractivity contribution in [2.45, 2.75) is 69.1 Å². The zero-order valence-corrected chi connectivity index (χ0v) is 23.7. The fourth-order valence-corrected chi connectivity index (χ4v) is 5.91. The third-order valence-electron chi connectivity index (χ3n) is 7.78. The summed E-state index contributed by atoms with van der Waals surface area (Å²) in [5.74, 6) is -10.7. The maximum atomic E-state index is 13.6. The summed E-state index contributed by atoms with van der Waals surface area (Å²) in [5, 5.41) is 45.3. The topological polar surface area (TPSA) is 159 Å². The van der Waals surface area contributed by atoms with Gasteiger partial charge in [0.1, 0.15) is 0 Å². The first-order valence-electron chi connectivity index (χ1n) is 13.8. The van der Waals surface area contributed by atoms with Gasteiger partial charge < -0.3 is 9.84 Å². The lowest BCUT2D eigenvalue weighted by Crippen LogP contribution is -2.24. The van der Waals surface area contributed by atoms with E-state index in [-0.39, 0.29) is 60.1 Å². The summed E-state index contributed by atoms with van der Waals surface area (Å²) in [4.78, 5) is 23.8. The maximum Gasteiger partial charge on any atom is 0.313 e. The van der Waals surface area contributed by atoms with Crippen molar-refractivity contribution in [2.24, 2.45) is 11.8 Å². The number of nitriles is 4. The van der Waals surface area contributed by atoms with E-state index in [0.29, 0.717) is 5.56 Å². The molecule has 0 heterocycles. The van der Waals surface area contributed by atoms with Crippen LogP contribution in [0.2, 0.25) is 0 Å². The number of carbonyl (C=O) groups excluding carboxylic acids is 1. The van der Waals surface area contributed by atoms with Gasteiger partial charge in [-0.25, -0.2) is 17.6 Å². The van der Waals surface area contributed by atoms with Crippen LogP contribution in [0, 0.1) is 57.2 Å². The Morgan fingerprint density at radius 1 is 0.773 bits per heavy atom. The van der Waals surface area contributed by atoms with Gasteiger partial charge >= 0.3 is 11.9 Å². The number of hydrogen-bond donors (Lipinski definition) is 1. The molecule has 228 valence electrons. The second-order valence-corrected chi connectivity index (χ2v) is 10.9. The molecule has 0 amide bonds. The van der Waals surface area contributed by atoms with Gasteiger partial charge in [-0.3, -0.25) is 9.59 Å². The summed E-state index contributed by atoms with van der Waals surface area (Å²) < 4.78 is 58.8. The van der Waals surface area contributed by atoms with E-state index in [0.717, 1.165) is 0 Å². The van der Waals surface area contributed by atoms with Crippen LogP contribution in [0.25, 0.3) is 0 Å². The minimum Gasteiger partial charge on any atom is -0.481 e. The second-order valence-electron chi connectivity index (χ2n) is 10.9. The molecule has 0 bridgehead atoms. The number of rotatable bonds is 7. The predicted octanol–water partition coefficient (Wildman–Crippen LogP) is 6.55. The Morgan fingerprint density at radius 2 is 1.14 bits per heavy atom. The highest BCUT2D eigenvalue weighted by atomic mass is 19.3. The molecule has 8 nitrogen and oxygen atoms in total. The molecule has 0 saturated heterocycles. The SMILES string of the molecule is CCOC(=O)C(c1cc(C#N)cc(C#N)c1)C1CCC(F)(F)C1.N#Cc1cc(C#N)cc(C(C(=O)O)C2CCC(F)(F)C2)c1. The van der Waals surface area contributed by atoms with Gasteiger partial charge in [0.05, 0.1) is 65.0 Å². The summed E-state index contributed by atoms with van der Waals surface area (Å²) in [7, 11) is 0. The van der Waals surface area contributed by atoms with E-state index >= 15 is 0 Å². The van der Waals surface area contributed by atoms with Crippen LogP contribution in [0.3, 0.4) is 0 Å². The fraction of sp³-hybridized carbons (Fsp3) is 0.438. The standard InChI is InChI=1S/C17H16F2N2O2.C15H12F2N2O2/c1-2-23-16(22)15(13-3-4-17(18,19)8-13)14-6-11(9-20)5-12(7-14)10-21;16-15(17)2-1-11(6-15)13(14(20)21)12-4-9(7-18)3-10(5-12)8-19/h5-7,13,15H,2-4,8H2,1H3;3-5,11,13H,1-2,6H2,(H,20,21). The first-order chi connectivity index (χ1) is 20.8. The molecule has 0 aromatic heterocycles. The van der Waals surface area contributed by atoms with Crippen molar-refractivity contribution in [1.82, 2.24) is 0 Å². The molecular weight excluding hydrogens is 580 g/mol. The van der Waals surface area contributed by atoms with Crippen molar-refractivity contribution in [3.05, 3.63) is 69.8 Å². The van der Waals surface area contributed by atoms with Gasteiger partial charge in [-0.1, -0.05) is 0 Å². The highest BCUT2D eigenvalue weighted by Crippen LogP contribution is 2.47. The number of benzene rings is 2. The maximum absolute atomic E-state index is 13.6. The zero-order chi connectivity index (χ0) is 32.7. The molecule has 4 atom stereocenters. The van der Waals surface area contributed by atoms with Crippen molar-refractivity contribution in [1.29, 1.82) is 21.0 Å². The Kier molecular flexibility index (Phi) is 10.7. The molecule has 12 heteroatoms. The number of nitrogens with zero attached hydrogens (tertiary/aromatic N) is 4. The van der Waals surface area contributed by atoms with Gasteiger partial charge in [-0.15, -0.1) is 0 Å². The van der Waals surface area contributed by atoms with Gasteiger partial charge in [-0.05, 0) is 79.1 Å². The van der Waals surface area contributed by atoms with E-state index in [1.807, 2.05) is 24.3 Å². The molecule has 44 heavy (non-hydrogen) atoms. The third kappa shape index (κ3) is 8.33. The van der Waals surface area contributed by atoms with Gasteiger partial charge in [0.25, 0.3) is 0 Å². The molecule has 1 N–H and O–H groups in total. The molecule has 0 radical (unpaired) electrons. The van der Waals surface area contributed by atoms with Crippen LogP contribution < -0.4 is 0 Å². The lowest BCUT2D eigenvalue weighted by atomic mass is 9.83. The molecule has 0 aliphatic heterocycles. The van der Waals surface area contributed by atoms with Crippen molar-refractivity contribution >= 4 is 11.9 Å². The molecule has 2 aromatic rings. The van der Waals surface area contributed by atoms with E-state index in [4.69, 9.17) is 25.8 Å². The normalized spacial score (nSPS) is 20.8. The van der Waals surface area contributed by atoms with Gasteiger partial charge in [0.15, 0.2) is 0 Å². The Hall–Kier alpha value is -4.94. The molecule has 4 rings (SSSR count). The van der Waals surface area contributed by atoms with Crippen LogP contribution in [0.1, 0.15) is 90.7 Å². The molecule has 2 fully saturated rings. The van der Waals surface area contributed by atoms with E-state index in [2.05, 4.69) is 0 Å². The summed E-state index contributed by atoms with van der Waals surface area (Å²) in [5.41, 5.74) is 1.37. The lowest BCUT2D eigenvalue weighted by Gasteiger charge is -2.22. The van der Waals surface area contributed by atoms with Gasteiger partial charge in [0.2, 0.25) is 11.8 Å². The van der Waals surface area contributed by atoms with Crippen LogP contribution >= 0.6 is 0 Å². The minimum atomic E-state index is -2.84. The quantitative estimate of drug-likeness (QED) is 0.274. The van der Waals surface area contributed by atoms with Crippen LogP contribution in [0.4, 0.5) is 17.6 Å². The van der Waals surface area contributed by atoms with Gasteiger partial charge in [-0.2, -0.15) is 21.0 Å². The number of alkyl halides is 4. The Morgan fingerprint density at radius 3 is 1.43 bits per heavy atom. The molecule has 2 aromatic carbocycles. The molecule has 4 unspecified atom stereocenters. The van der Waals surface area contributed by atoms with Crippen LogP contribution in [0.5, 0.6) is 0 Å². The Labute approximate surface area is 251 Å². The van der Waals surface area contributed by atoms with Crippen LogP contribution in [0.15, 0.2) is 36.4 Å². The number of aliphatic carboxylic acids is 1. The summed E-state index contributed by atoms with van der Waals surface area (Å²) >= 11 is 0. The van der Waals surface area contributed by atoms with E-state index in [1.165, 1.54) is 36.4 Å². The summed E-state index contributed by atoms with van der Waals surface area (Å²) in [6, 6.07) is 15.9. The number of esters is 1. The van der Waals surface area contributed by atoms with Crippen molar-refractivity contribution in [3.8, 4) is 24.3 Å².